The molecule has 38 heavy (non-hydrogen) atoms. The van der Waals surface area contributed by atoms with E-state index in [1.807, 2.05) is 30.3 Å². The molecule has 2 aromatic rings. The zero-order chi connectivity index (χ0) is 27.2. The fourth-order valence-electron chi connectivity index (χ4n) is 4.29. The molecule has 2 aliphatic heterocycles. The molecule has 2 heterocycles. The quantitative estimate of drug-likeness (QED) is 0.184. The molecule has 10 atom stereocenters. The predicted octanol–water partition coefficient (Wildman–Crippen LogP) is -1.59. The van der Waals surface area contributed by atoms with Crippen LogP contribution in [0.2, 0.25) is 0 Å². The lowest BCUT2D eigenvalue weighted by molar-refractivity contribution is -0.360. The van der Waals surface area contributed by atoms with E-state index in [0.717, 1.165) is 11.1 Å². The maximum Gasteiger partial charge on any atom is 0.187 e. The molecule has 2 aliphatic rings. The van der Waals surface area contributed by atoms with Crippen molar-refractivity contribution < 1.29 is 59.4 Å². The topological polar surface area (TPSA) is 188 Å². The van der Waals surface area contributed by atoms with Crippen LogP contribution in [0, 0.1) is 0 Å². The van der Waals surface area contributed by atoms with Gasteiger partial charge in [0.25, 0.3) is 0 Å². The molecule has 0 aromatic heterocycles. The van der Waals surface area contributed by atoms with Gasteiger partial charge in [-0.15, -0.1) is 0 Å². The van der Waals surface area contributed by atoms with Crippen LogP contribution in [0.15, 0.2) is 54.6 Å². The second-order valence-electron chi connectivity index (χ2n) is 9.23. The first kappa shape index (κ1) is 28.8. The lowest BCUT2D eigenvalue weighted by Crippen LogP contribution is -2.64. The van der Waals surface area contributed by atoms with Gasteiger partial charge < -0.3 is 59.4 Å². The van der Waals surface area contributed by atoms with E-state index in [2.05, 4.69) is 0 Å². The molecule has 0 saturated carbocycles. The average molecular weight is 539 g/mol. The first-order valence-corrected chi connectivity index (χ1v) is 12.3. The summed E-state index contributed by atoms with van der Waals surface area (Å²) >= 11 is 0. The number of ether oxygens (including phenoxy) is 5. The Morgan fingerprint density at radius 2 is 1.21 bits per heavy atom. The maximum atomic E-state index is 10.7. The second kappa shape index (κ2) is 13.2. The van der Waals surface area contributed by atoms with Gasteiger partial charge in [-0.1, -0.05) is 42.5 Å². The second-order valence-corrected chi connectivity index (χ2v) is 9.23. The van der Waals surface area contributed by atoms with Crippen molar-refractivity contribution >= 4 is 0 Å². The molecule has 0 amide bonds. The molecule has 0 aliphatic carbocycles. The van der Waals surface area contributed by atoms with Crippen LogP contribution >= 0.6 is 0 Å². The Hall–Kier alpha value is -2.20. The summed E-state index contributed by atoms with van der Waals surface area (Å²) in [4.78, 5) is 0. The third-order valence-electron chi connectivity index (χ3n) is 6.55. The molecule has 2 aromatic carbocycles. The van der Waals surface area contributed by atoms with Crippen molar-refractivity contribution in [3.8, 4) is 5.75 Å². The number of aliphatic hydroxyl groups is 7. The minimum absolute atomic E-state index is 0.0177. The number of rotatable bonds is 10. The lowest BCUT2D eigenvalue weighted by atomic mass is 9.97. The summed E-state index contributed by atoms with van der Waals surface area (Å²) in [5, 5.41) is 70.6. The molecule has 0 radical (unpaired) electrons. The first-order chi connectivity index (χ1) is 18.3. The molecule has 4 rings (SSSR count). The lowest BCUT2D eigenvalue weighted by Gasteiger charge is -2.45. The van der Waals surface area contributed by atoms with Crippen LogP contribution in [-0.2, 0) is 32.2 Å². The van der Waals surface area contributed by atoms with E-state index in [4.69, 9.17) is 23.7 Å². The number of benzene rings is 2. The van der Waals surface area contributed by atoms with Crippen molar-refractivity contribution in [1.29, 1.82) is 0 Å². The van der Waals surface area contributed by atoms with Gasteiger partial charge in [0.05, 0.1) is 19.8 Å². The molecule has 210 valence electrons. The summed E-state index contributed by atoms with van der Waals surface area (Å²) in [5.74, 6) is 0.663. The van der Waals surface area contributed by atoms with Crippen molar-refractivity contribution in [2.45, 2.75) is 74.6 Å². The van der Waals surface area contributed by atoms with Gasteiger partial charge in [0.1, 0.15) is 61.2 Å². The zero-order valence-electron chi connectivity index (χ0n) is 20.5. The van der Waals surface area contributed by atoms with Crippen LogP contribution in [0.5, 0.6) is 5.75 Å². The van der Waals surface area contributed by atoms with Gasteiger partial charge in [0.15, 0.2) is 12.6 Å². The fourth-order valence-corrected chi connectivity index (χ4v) is 4.29. The molecule has 2 fully saturated rings. The van der Waals surface area contributed by atoms with E-state index in [9.17, 15) is 35.7 Å². The monoisotopic (exact) mass is 538 g/mol. The van der Waals surface area contributed by atoms with E-state index in [1.54, 1.807) is 24.3 Å². The number of hydrogen-bond acceptors (Lipinski definition) is 12. The molecule has 12 nitrogen and oxygen atoms in total. The molecule has 0 unspecified atom stereocenters. The summed E-state index contributed by atoms with van der Waals surface area (Å²) in [6.07, 6.45) is -15.0. The molecule has 7 N–H and O–H groups in total. The Bertz CT molecular complexity index is 972. The molecular weight excluding hydrogens is 504 g/mol. The highest BCUT2D eigenvalue weighted by molar-refractivity contribution is 5.27. The summed E-state index contributed by atoms with van der Waals surface area (Å²) < 4.78 is 27.9. The standard InChI is InChI=1S/C26H34O12/c27-10-17-19(29)20(30)22(32)26(36-17)38-24-18(11-28)37-25(23(33)21(24)31)35-13-15-6-8-16(9-7-15)34-12-14-4-2-1-3-5-14/h1-9,17-33H,10-13H2/t17-,18-,19-,20+,21-,22-,23-,24-,25-,26+/m1/s1. The largest absolute Gasteiger partial charge is 0.489 e. The van der Waals surface area contributed by atoms with E-state index in [-0.39, 0.29) is 6.61 Å². The van der Waals surface area contributed by atoms with Gasteiger partial charge in [0.2, 0.25) is 0 Å². The van der Waals surface area contributed by atoms with Crippen molar-refractivity contribution in [1.82, 2.24) is 0 Å². The highest BCUT2D eigenvalue weighted by atomic mass is 16.7. The van der Waals surface area contributed by atoms with Gasteiger partial charge in [-0.05, 0) is 23.3 Å². The molecular formula is C26H34O12. The van der Waals surface area contributed by atoms with Gasteiger partial charge in [-0.2, -0.15) is 0 Å². The molecule has 0 spiro atoms. The van der Waals surface area contributed by atoms with Crippen LogP contribution in [0.3, 0.4) is 0 Å². The Morgan fingerprint density at radius 1 is 0.605 bits per heavy atom. The summed E-state index contributed by atoms with van der Waals surface area (Å²) in [6.45, 7) is -0.870. The van der Waals surface area contributed by atoms with Crippen LogP contribution in [0.1, 0.15) is 11.1 Å². The summed E-state index contributed by atoms with van der Waals surface area (Å²) in [7, 11) is 0. The SMILES string of the molecule is OC[C@H]1O[C@@H](O[C@H]2[C@H](O)[C@@H](O)[C@H](OCc3ccc(OCc4ccccc4)cc3)O[C@@H]2CO)[C@H](O)[C@@H](O)[C@@H]1O. The minimum Gasteiger partial charge on any atom is -0.489 e. The Morgan fingerprint density at radius 3 is 1.87 bits per heavy atom. The van der Waals surface area contributed by atoms with Crippen molar-refractivity contribution in [2.24, 2.45) is 0 Å². The maximum absolute atomic E-state index is 10.7. The van der Waals surface area contributed by atoms with Crippen LogP contribution in [0.4, 0.5) is 0 Å². The molecule has 0 bridgehead atoms. The van der Waals surface area contributed by atoms with Gasteiger partial charge in [-0.25, -0.2) is 0 Å². The highest BCUT2D eigenvalue weighted by Crippen LogP contribution is 2.30. The Balaban J connectivity index is 1.31. The predicted molar refractivity (Wildman–Crippen MR) is 128 cm³/mol. The van der Waals surface area contributed by atoms with E-state index in [1.165, 1.54) is 0 Å². The van der Waals surface area contributed by atoms with E-state index < -0.39 is 74.6 Å². The molecule has 12 heteroatoms. The average Bonchev–Trinajstić information content (AvgIpc) is 2.95. The number of aliphatic hydroxyl groups excluding tert-OH is 7. The highest BCUT2D eigenvalue weighted by Gasteiger charge is 2.50. The summed E-state index contributed by atoms with van der Waals surface area (Å²) in [6, 6.07) is 16.8. The van der Waals surface area contributed by atoms with Gasteiger partial charge in [0, 0.05) is 0 Å². The van der Waals surface area contributed by atoms with Crippen LogP contribution in [-0.4, -0.2) is 110 Å². The third kappa shape index (κ3) is 6.68. The normalized spacial score (nSPS) is 35.7. The van der Waals surface area contributed by atoms with Crippen molar-refractivity contribution in [3.05, 3.63) is 65.7 Å². The Kier molecular flexibility index (Phi) is 10.0. The third-order valence-corrected chi connectivity index (χ3v) is 6.55. The van der Waals surface area contributed by atoms with Crippen molar-refractivity contribution in [3.63, 3.8) is 0 Å². The summed E-state index contributed by atoms with van der Waals surface area (Å²) in [5.41, 5.74) is 1.77. The Labute approximate surface area is 219 Å². The first-order valence-electron chi connectivity index (χ1n) is 12.3. The van der Waals surface area contributed by atoms with Crippen LogP contribution < -0.4 is 4.74 Å². The van der Waals surface area contributed by atoms with Crippen LogP contribution in [0.25, 0.3) is 0 Å². The van der Waals surface area contributed by atoms with E-state index in [0.29, 0.717) is 12.4 Å². The van der Waals surface area contributed by atoms with Crippen molar-refractivity contribution in [2.75, 3.05) is 13.2 Å². The van der Waals surface area contributed by atoms with Gasteiger partial charge in [-0.3, -0.25) is 0 Å². The molecule has 2 saturated heterocycles. The van der Waals surface area contributed by atoms with E-state index >= 15 is 0 Å². The number of hydrogen-bond donors (Lipinski definition) is 7. The zero-order valence-corrected chi connectivity index (χ0v) is 20.5. The smallest absolute Gasteiger partial charge is 0.187 e. The van der Waals surface area contributed by atoms with Gasteiger partial charge >= 0.3 is 0 Å². The fraction of sp³-hybridized carbons (Fsp3) is 0.538. The minimum atomic E-state index is -1.73.